The number of nitriles is 1. The largest absolute Gasteiger partial charge is 0.354 e. The van der Waals surface area contributed by atoms with E-state index in [-0.39, 0.29) is 0 Å². The monoisotopic (exact) mass is 239 g/mol. The van der Waals surface area contributed by atoms with Gasteiger partial charge in [0.25, 0.3) is 0 Å². The molecule has 90 valence electrons. The van der Waals surface area contributed by atoms with Crippen molar-refractivity contribution in [1.82, 2.24) is 15.0 Å². The zero-order valence-corrected chi connectivity index (χ0v) is 10.3. The van der Waals surface area contributed by atoms with Gasteiger partial charge in [-0.2, -0.15) is 5.26 Å². The van der Waals surface area contributed by atoms with Crippen molar-refractivity contribution in [2.75, 3.05) is 11.9 Å². The smallest absolute Gasteiger partial charge is 0.150 e. The minimum atomic E-state index is 0.479. The molecule has 2 rings (SSSR count). The average molecular weight is 239 g/mol. The molecule has 0 saturated heterocycles. The fourth-order valence-corrected chi connectivity index (χ4v) is 1.67. The van der Waals surface area contributed by atoms with Crippen molar-refractivity contribution < 1.29 is 0 Å². The van der Waals surface area contributed by atoms with Gasteiger partial charge >= 0.3 is 0 Å². The van der Waals surface area contributed by atoms with E-state index in [2.05, 4.69) is 21.0 Å². The lowest BCUT2D eigenvalue weighted by Gasteiger charge is -2.19. The van der Waals surface area contributed by atoms with Crippen LogP contribution in [0.25, 0.3) is 0 Å². The number of pyridine rings is 1. The van der Waals surface area contributed by atoms with Gasteiger partial charge in [-0.25, -0.2) is 9.97 Å². The van der Waals surface area contributed by atoms with Gasteiger partial charge in [0.1, 0.15) is 23.3 Å². The Morgan fingerprint density at radius 1 is 1.39 bits per heavy atom. The summed E-state index contributed by atoms with van der Waals surface area (Å²) in [5.41, 5.74) is 1.55. The third kappa shape index (κ3) is 2.61. The minimum Gasteiger partial charge on any atom is -0.354 e. The SMILES string of the molecule is Cc1ncc(C#N)c(N(C)Cc2cccnc2)n1. The maximum atomic E-state index is 9.06. The quantitative estimate of drug-likeness (QED) is 0.815. The summed E-state index contributed by atoms with van der Waals surface area (Å²) in [7, 11) is 1.90. The van der Waals surface area contributed by atoms with Crippen molar-refractivity contribution in [2.24, 2.45) is 0 Å². The van der Waals surface area contributed by atoms with Gasteiger partial charge in [0.2, 0.25) is 0 Å². The minimum absolute atomic E-state index is 0.479. The van der Waals surface area contributed by atoms with E-state index in [9.17, 15) is 0 Å². The van der Waals surface area contributed by atoms with E-state index in [1.54, 1.807) is 18.6 Å². The number of aryl methyl sites for hydroxylation is 1. The maximum Gasteiger partial charge on any atom is 0.150 e. The van der Waals surface area contributed by atoms with Crippen LogP contribution in [-0.4, -0.2) is 22.0 Å². The van der Waals surface area contributed by atoms with Crippen molar-refractivity contribution in [1.29, 1.82) is 5.26 Å². The molecule has 0 N–H and O–H groups in total. The molecular weight excluding hydrogens is 226 g/mol. The molecule has 0 aromatic carbocycles. The molecule has 0 aliphatic heterocycles. The third-order valence-electron chi connectivity index (χ3n) is 2.51. The first-order valence-corrected chi connectivity index (χ1v) is 5.54. The highest BCUT2D eigenvalue weighted by atomic mass is 15.2. The number of rotatable bonds is 3. The summed E-state index contributed by atoms with van der Waals surface area (Å²) in [6, 6.07) is 5.99. The molecule has 0 saturated carbocycles. The molecule has 0 bridgehead atoms. The van der Waals surface area contributed by atoms with Crippen molar-refractivity contribution in [2.45, 2.75) is 13.5 Å². The molecule has 0 fully saturated rings. The van der Waals surface area contributed by atoms with Gasteiger partial charge in [0.05, 0.1) is 6.20 Å². The molecular formula is C13H13N5. The first-order chi connectivity index (χ1) is 8.70. The van der Waals surface area contributed by atoms with Crippen molar-refractivity contribution >= 4 is 5.82 Å². The lowest BCUT2D eigenvalue weighted by molar-refractivity contribution is 0.870. The number of hydrogen-bond acceptors (Lipinski definition) is 5. The average Bonchev–Trinajstić information content (AvgIpc) is 2.40. The van der Waals surface area contributed by atoms with Gasteiger partial charge in [-0.15, -0.1) is 0 Å². The van der Waals surface area contributed by atoms with E-state index < -0.39 is 0 Å². The summed E-state index contributed by atoms with van der Waals surface area (Å²) in [5, 5.41) is 9.06. The Kier molecular flexibility index (Phi) is 3.49. The Balaban J connectivity index is 2.26. The van der Waals surface area contributed by atoms with E-state index >= 15 is 0 Å². The van der Waals surface area contributed by atoms with Crippen molar-refractivity contribution in [3.05, 3.63) is 47.7 Å². The zero-order valence-electron chi connectivity index (χ0n) is 10.3. The van der Waals surface area contributed by atoms with Gasteiger partial charge in [-0.1, -0.05) is 6.07 Å². The van der Waals surface area contributed by atoms with Crippen LogP contribution in [0.2, 0.25) is 0 Å². The lowest BCUT2D eigenvalue weighted by atomic mass is 10.2. The Labute approximate surface area is 106 Å². The van der Waals surface area contributed by atoms with Gasteiger partial charge < -0.3 is 4.90 Å². The van der Waals surface area contributed by atoms with Crippen LogP contribution in [0, 0.1) is 18.3 Å². The van der Waals surface area contributed by atoms with Crippen LogP contribution < -0.4 is 4.90 Å². The molecule has 2 aromatic rings. The predicted octanol–water partition coefficient (Wildman–Crippen LogP) is 1.69. The number of anilines is 1. The molecule has 2 heterocycles. The Bertz CT molecular complexity index is 574. The Morgan fingerprint density at radius 2 is 2.22 bits per heavy atom. The van der Waals surface area contributed by atoms with Crippen molar-refractivity contribution in [3.63, 3.8) is 0 Å². The summed E-state index contributed by atoms with van der Waals surface area (Å²) in [6.45, 7) is 2.46. The fourth-order valence-electron chi connectivity index (χ4n) is 1.67. The van der Waals surface area contributed by atoms with Crippen LogP contribution in [0.1, 0.15) is 17.0 Å². The summed E-state index contributed by atoms with van der Waals surface area (Å²) in [6.07, 6.45) is 5.09. The number of aromatic nitrogens is 3. The van der Waals surface area contributed by atoms with Gasteiger partial charge in [-0.3, -0.25) is 4.98 Å². The number of nitrogens with zero attached hydrogens (tertiary/aromatic N) is 5. The van der Waals surface area contributed by atoms with E-state index in [1.807, 2.05) is 31.0 Å². The molecule has 0 unspecified atom stereocenters. The van der Waals surface area contributed by atoms with Crippen LogP contribution in [0.15, 0.2) is 30.7 Å². The van der Waals surface area contributed by atoms with Crippen LogP contribution in [0.5, 0.6) is 0 Å². The summed E-state index contributed by atoms with van der Waals surface area (Å²) in [5.74, 6) is 1.30. The molecule has 0 aliphatic rings. The van der Waals surface area contributed by atoms with E-state index in [4.69, 9.17) is 5.26 Å². The van der Waals surface area contributed by atoms with Crippen LogP contribution in [-0.2, 0) is 6.54 Å². The molecule has 5 nitrogen and oxygen atoms in total. The molecule has 0 radical (unpaired) electrons. The summed E-state index contributed by atoms with van der Waals surface area (Å²) in [4.78, 5) is 14.3. The molecule has 0 aliphatic carbocycles. The van der Waals surface area contributed by atoms with Crippen LogP contribution >= 0.6 is 0 Å². The van der Waals surface area contributed by atoms with Gasteiger partial charge in [0.15, 0.2) is 0 Å². The summed E-state index contributed by atoms with van der Waals surface area (Å²) >= 11 is 0. The van der Waals surface area contributed by atoms with Crippen molar-refractivity contribution in [3.8, 4) is 6.07 Å². The second kappa shape index (κ2) is 5.23. The number of hydrogen-bond donors (Lipinski definition) is 0. The molecule has 2 aromatic heterocycles. The zero-order chi connectivity index (χ0) is 13.0. The van der Waals surface area contributed by atoms with E-state index in [0.29, 0.717) is 23.8 Å². The standard InChI is InChI=1S/C13H13N5/c1-10-16-8-12(6-14)13(17-10)18(2)9-11-4-3-5-15-7-11/h3-5,7-8H,9H2,1-2H3. The highest BCUT2D eigenvalue weighted by Crippen LogP contribution is 2.16. The first-order valence-electron chi connectivity index (χ1n) is 5.54. The fraction of sp³-hybridized carbons (Fsp3) is 0.231. The highest BCUT2D eigenvalue weighted by Gasteiger charge is 2.10. The summed E-state index contributed by atoms with van der Waals surface area (Å²) < 4.78 is 0. The normalized spacial score (nSPS) is 9.83. The van der Waals surface area contributed by atoms with E-state index in [1.165, 1.54) is 0 Å². The van der Waals surface area contributed by atoms with Crippen LogP contribution in [0.3, 0.4) is 0 Å². The molecule has 18 heavy (non-hydrogen) atoms. The van der Waals surface area contributed by atoms with Crippen LogP contribution in [0.4, 0.5) is 5.82 Å². The third-order valence-corrected chi connectivity index (χ3v) is 2.51. The maximum absolute atomic E-state index is 9.06. The Morgan fingerprint density at radius 3 is 2.89 bits per heavy atom. The second-order valence-corrected chi connectivity index (χ2v) is 3.98. The van der Waals surface area contributed by atoms with E-state index in [0.717, 1.165) is 5.56 Å². The molecule has 0 amide bonds. The first kappa shape index (κ1) is 12.0. The molecule has 5 heteroatoms. The van der Waals surface area contributed by atoms with Gasteiger partial charge in [0, 0.05) is 26.0 Å². The molecule has 0 spiro atoms. The topological polar surface area (TPSA) is 65.7 Å². The predicted molar refractivity (Wildman–Crippen MR) is 67.8 cm³/mol. The van der Waals surface area contributed by atoms with Gasteiger partial charge in [-0.05, 0) is 18.6 Å². The highest BCUT2D eigenvalue weighted by molar-refractivity contribution is 5.52. The Hall–Kier alpha value is -2.48. The second-order valence-electron chi connectivity index (χ2n) is 3.98. The lowest BCUT2D eigenvalue weighted by Crippen LogP contribution is -2.19. The molecule has 0 atom stereocenters.